The number of nitrogens with zero attached hydrogens (tertiary/aromatic N) is 3. The second kappa shape index (κ2) is 7.30. The van der Waals surface area contributed by atoms with Gasteiger partial charge in [-0.1, -0.05) is 18.9 Å². The van der Waals surface area contributed by atoms with Gasteiger partial charge in [-0.15, -0.1) is 0 Å². The SMILES string of the molecule is Cc1cc2c(oc3nc(F)cc(F)c32)c(-c2c3ccc(C4CCCC4)cc3nc[n+]2C)c1C. The van der Waals surface area contributed by atoms with Crippen molar-refractivity contribution in [3.8, 4) is 11.3 Å². The van der Waals surface area contributed by atoms with E-state index < -0.39 is 11.8 Å². The predicted octanol–water partition coefficient (Wildman–Crippen LogP) is 6.57. The molecule has 0 unspecified atom stereocenters. The van der Waals surface area contributed by atoms with Gasteiger partial charge in [0.25, 0.3) is 6.33 Å². The van der Waals surface area contributed by atoms with E-state index in [0.717, 1.165) is 39.4 Å². The highest BCUT2D eigenvalue weighted by Crippen LogP contribution is 2.41. The summed E-state index contributed by atoms with van der Waals surface area (Å²) in [6.45, 7) is 4.02. The van der Waals surface area contributed by atoms with E-state index in [2.05, 4.69) is 23.2 Å². The van der Waals surface area contributed by atoms with Gasteiger partial charge in [0.1, 0.15) is 17.1 Å². The molecule has 1 aliphatic rings. The number of pyridine rings is 1. The third-order valence-corrected chi connectivity index (χ3v) is 7.24. The van der Waals surface area contributed by atoms with E-state index >= 15 is 0 Å². The first kappa shape index (κ1) is 20.2. The molecule has 6 heteroatoms. The summed E-state index contributed by atoms with van der Waals surface area (Å²) in [5.41, 5.74) is 6.54. The molecule has 0 saturated heterocycles. The van der Waals surface area contributed by atoms with Gasteiger partial charge < -0.3 is 4.42 Å². The third kappa shape index (κ3) is 3.04. The van der Waals surface area contributed by atoms with Crippen LogP contribution in [-0.4, -0.2) is 9.97 Å². The Kier molecular flexibility index (Phi) is 4.47. The van der Waals surface area contributed by atoms with Gasteiger partial charge in [0.05, 0.1) is 23.4 Å². The lowest BCUT2D eigenvalue weighted by atomic mass is 9.92. The van der Waals surface area contributed by atoms with Crippen molar-refractivity contribution < 1.29 is 17.8 Å². The molecule has 0 N–H and O–H groups in total. The smallest absolute Gasteiger partial charge is 0.287 e. The zero-order chi connectivity index (χ0) is 22.9. The topological polar surface area (TPSA) is 42.8 Å². The molecule has 0 spiro atoms. The zero-order valence-electron chi connectivity index (χ0n) is 18.9. The first-order valence-corrected chi connectivity index (χ1v) is 11.4. The monoisotopic (exact) mass is 444 g/mol. The Bertz CT molecular complexity index is 1580. The summed E-state index contributed by atoms with van der Waals surface area (Å²) in [5.74, 6) is -0.968. The predicted molar refractivity (Wildman–Crippen MR) is 124 cm³/mol. The maximum atomic E-state index is 14.7. The third-order valence-electron chi connectivity index (χ3n) is 7.24. The second-order valence-corrected chi connectivity index (χ2v) is 9.24. The number of hydrogen-bond donors (Lipinski definition) is 0. The first-order valence-electron chi connectivity index (χ1n) is 11.4. The molecule has 3 heterocycles. The summed E-state index contributed by atoms with van der Waals surface area (Å²) < 4.78 is 36.6. The van der Waals surface area contributed by atoms with Crippen molar-refractivity contribution in [2.75, 3.05) is 0 Å². The van der Waals surface area contributed by atoms with Crippen LogP contribution in [-0.2, 0) is 7.05 Å². The molecule has 0 bridgehead atoms. The lowest BCUT2D eigenvalue weighted by Gasteiger charge is -2.13. The number of fused-ring (bicyclic) bond motifs is 4. The van der Waals surface area contributed by atoms with Gasteiger partial charge in [-0.25, -0.2) is 8.96 Å². The van der Waals surface area contributed by atoms with E-state index in [-0.39, 0.29) is 11.1 Å². The fourth-order valence-corrected chi connectivity index (χ4v) is 5.42. The van der Waals surface area contributed by atoms with Gasteiger partial charge in [-0.05, 0) is 72.5 Å². The van der Waals surface area contributed by atoms with E-state index in [4.69, 9.17) is 9.40 Å². The largest absolute Gasteiger partial charge is 0.437 e. The molecular formula is C27H24F2N3O+. The van der Waals surface area contributed by atoms with Gasteiger partial charge in [0.15, 0.2) is 5.52 Å². The van der Waals surface area contributed by atoms with E-state index in [1.807, 2.05) is 37.9 Å². The van der Waals surface area contributed by atoms with Crippen LogP contribution in [0.25, 0.3) is 44.2 Å². The zero-order valence-corrected chi connectivity index (χ0v) is 18.9. The van der Waals surface area contributed by atoms with Crippen molar-refractivity contribution in [3.63, 3.8) is 0 Å². The normalized spacial score (nSPS) is 14.8. The van der Waals surface area contributed by atoms with Crippen LogP contribution in [0, 0.1) is 25.6 Å². The molecule has 0 amide bonds. The maximum absolute atomic E-state index is 14.7. The van der Waals surface area contributed by atoms with Crippen molar-refractivity contribution in [1.29, 1.82) is 0 Å². The Morgan fingerprint density at radius 2 is 1.82 bits per heavy atom. The fourth-order valence-electron chi connectivity index (χ4n) is 5.42. The van der Waals surface area contributed by atoms with Crippen LogP contribution in [0.2, 0.25) is 0 Å². The second-order valence-electron chi connectivity index (χ2n) is 9.24. The quantitative estimate of drug-likeness (QED) is 0.228. The van der Waals surface area contributed by atoms with E-state index in [1.165, 1.54) is 31.2 Å². The Balaban J connectivity index is 1.69. The number of halogens is 2. The molecule has 1 aliphatic carbocycles. The average Bonchev–Trinajstić information content (AvgIpc) is 3.43. The van der Waals surface area contributed by atoms with Gasteiger partial charge >= 0.3 is 0 Å². The Labute approximate surface area is 189 Å². The van der Waals surface area contributed by atoms with Crippen LogP contribution in [0.4, 0.5) is 8.78 Å². The maximum Gasteiger partial charge on any atom is 0.287 e. The molecular weight excluding hydrogens is 420 g/mol. The van der Waals surface area contributed by atoms with Crippen molar-refractivity contribution in [2.24, 2.45) is 7.05 Å². The van der Waals surface area contributed by atoms with Crippen molar-refractivity contribution in [2.45, 2.75) is 45.4 Å². The van der Waals surface area contributed by atoms with Crippen LogP contribution in [0.3, 0.4) is 0 Å². The average molecular weight is 445 g/mol. The highest BCUT2D eigenvalue weighted by molar-refractivity contribution is 6.11. The summed E-state index contributed by atoms with van der Waals surface area (Å²) in [5, 5.41) is 1.80. The molecule has 33 heavy (non-hydrogen) atoms. The number of aryl methyl sites for hydroxylation is 2. The van der Waals surface area contributed by atoms with Crippen molar-refractivity contribution in [1.82, 2.24) is 9.97 Å². The summed E-state index contributed by atoms with van der Waals surface area (Å²) in [6.07, 6.45) is 6.83. The van der Waals surface area contributed by atoms with E-state index in [1.54, 1.807) is 0 Å². The molecule has 2 aromatic carbocycles. The lowest BCUT2D eigenvalue weighted by molar-refractivity contribution is -0.662. The molecule has 5 aromatic rings. The minimum atomic E-state index is -0.895. The molecule has 166 valence electrons. The Morgan fingerprint density at radius 1 is 1.03 bits per heavy atom. The van der Waals surface area contributed by atoms with Crippen molar-refractivity contribution >= 4 is 33.0 Å². The van der Waals surface area contributed by atoms with Crippen LogP contribution in [0.5, 0.6) is 0 Å². The van der Waals surface area contributed by atoms with Crippen LogP contribution < -0.4 is 4.57 Å². The fraction of sp³-hybridized carbons (Fsp3) is 0.296. The molecule has 0 aliphatic heterocycles. The number of benzene rings is 2. The summed E-state index contributed by atoms with van der Waals surface area (Å²) >= 11 is 0. The summed E-state index contributed by atoms with van der Waals surface area (Å²) in [4.78, 5) is 8.53. The Hall–Kier alpha value is -3.41. The summed E-state index contributed by atoms with van der Waals surface area (Å²) in [7, 11) is 1.95. The lowest BCUT2D eigenvalue weighted by Crippen LogP contribution is -2.32. The minimum Gasteiger partial charge on any atom is -0.437 e. The first-order chi connectivity index (χ1) is 15.9. The number of rotatable bonds is 2. The van der Waals surface area contributed by atoms with Gasteiger partial charge in [-0.3, -0.25) is 0 Å². The van der Waals surface area contributed by atoms with Gasteiger partial charge in [0, 0.05) is 11.5 Å². The van der Waals surface area contributed by atoms with Gasteiger partial charge in [0.2, 0.25) is 11.7 Å². The minimum absolute atomic E-state index is 0.0294. The van der Waals surface area contributed by atoms with Crippen molar-refractivity contribution in [3.05, 3.63) is 65.1 Å². The number of hydrogen-bond acceptors (Lipinski definition) is 3. The van der Waals surface area contributed by atoms with Crippen LogP contribution in [0.1, 0.15) is 48.3 Å². The molecule has 4 nitrogen and oxygen atoms in total. The van der Waals surface area contributed by atoms with E-state index in [0.29, 0.717) is 16.9 Å². The standard InChI is InChI=1S/C27H24F2N3O/c1-14-10-19-24-20(28)12-22(29)31-27(24)33-26(19)23(15(14)2)25-18-9-8-17(16-6-4-5-7-16)11-21(18)30-13-32(25)3/h8-13,16H,4-7H2,1-3H3/q+1. The molecule has 1 saturated carbocycles. The van der Waals surface area contributed by atoms with Crippen LogP contribution in [0.15, 0.2) is 41.1 Å². The number of aromatic nitrogens is 3. The highest BCUT2D eigenvalue weighted by Gasteiger charge is 2.26. The Morgan fingerprint density at radius 3 is 2.61 bits per heavy atom. The molecule has 0 radical (unpaired) electrons. The summed E-state index contributed by atoms with van der Waals surface area (Å²) in [6, 6.07) is 9.25. The number of furan rings is 1. The van der Waals surface area contributed by atoms with Gasteiger partial charge in [-0.2, -0.15) is 9.37 Å². The highest BCUT2D eigenvalue weighted by atomic mass is 19.1. The molecule has 1 fully saturated rings. The van der Waals surface area contributed by atoms with Crippen LogP contribution >= 0.6 is 0 Å². The molecule has 0 atom stereocenters. The van der Waals surface area contributed by atoms with E-state index in [9.17, 15) is 8.78 Å². The molecule has 6 rings (SSSR count). The molecule has 3 aromatic heterocycles.